The first-order valence-electron chi connectivity index (χ1n) is 7.37. The second kappa shape index (κ2) is 5.71. The summed E-state index contributed by atoms with van der Waals surface area (Å²) >= 11 is 0. The molecule has 6 nitrogen and oxygen atoms in total. The average molecular weight is 297 g/mol. The number of hydrogen-bond acceptors (Lipinski definition) is 5. The molecule has 0 radical (unpaired) electrons. The summed E-state index contributed by atoms with van der Waals surface area (Å²) in [6, 6.07) is 3.91. The molecule has 2 aromatic rings. The van der Waals surface area contributed by atoms with Gasteiger partial charge in [-0.2, -0.15) is 0 Å². The number of primary amides is 1. The highest BCUT2D eigenvalue weighted by Crippen LogP contribution is 2.30. The van der Waals surface area contributed by atoms with Crippen LogP contribution in [-0.4, -0.2) is 34.5 Å². The molecule has 0 saturated heterocycles. The number of nitrogens with zero attached hydrogens (tertiary/aromatic N) is 4. The van der Waals surface area contributed by atoms with Gasteiger partial charge in [-0.3, -0.25) is 9.78 Å². The van der Waals surface area contributed by atoms with Crippen LogP contribution in [0.2, 0.25) is 0 Å². The van der Waals surface area contributed by atoms with E-state index >= 15 is 0 Å². The lowest BCUT2D eigenvalue weighted by molar-refractivity contribution is -0.116. The molecule has 0 aliphatic heterocycles. The minimum Gasteiger partial charge on any atom is -0.368 e. The van der Waals surface area contributed by atoms with E-state index < -0.39 is 0 Å². The summed E-state index contributed by atoms with van der Waals surface area (Å²) in [5, 5.41) is 0. The molecular formula is C16H19N5O. The molecule has 0 atom stereocenters. The number of pyridine rings is 1. The largest absolute Gasteiger partial charge is 0.368 e. The Bertz CT molecular complexity index is 728. The van der Waals surface area contributed by atoms with E-state index in [9.17, 15) is 4.79 Å². The van der Waals surface area contributed by atoms with E-state index in [-0.39, 0.29) is 12.5 Å². The van der Waals surface area contributed by atoms with Crippen LogP contribution in [0.25, 0.3) is 11.5 Å². The van der Waals surface area contributed by atoms with E-state index in [1.165, 1.54) is 0 Å². The Morgan fingerprint density at radius 2 is 2.18 bits per heavy atom. The van der Waals surface area contributed by atoms with Crippen LogP contribution in [0, 0.1) is 6.92 Å². The van der Waals surface area contributed by atoms with Crippen LogP contribution < -0.4 is 10.6 Å². The number of anilines is 1. The summed E-state index contributed by atoms with van der Waals surface area (Å²) in [5.74, 6) is 1.03. The lowest BCUT2D eigenvalue weighted by Gasteiger charge is -2.20. The molecule has 2 heterocycles. The first kappa shape index (κ1) is 14.4. The van der Waals surface area contributed by atoms with Gasteiger partial charge in [-0.25, -0.2) is 9.97 Å². The smallest absolute Gasteiger partial charge is 0.236 e. The molecule has 22 heavy (non-hydrogen) atoms. The van der Waals surface area contributed by atoms with Crippen LogP contribution in [0.3, 0.4) is 0 Å². The van der Waals surface area contributed by atoms with E-state index in [2.05, 4.69) is 15.0 Å². The molecular weight excluding hydrogens is 278 g/mol. The van der Waals surface area contributed by atoms with E-state index in [0.29, 0.717) is 5.82 Å². The molecule has 1 amide bonds. The molecule has 0 bridgehead atoms. The van der Waals surface area contributed by atoms with Crippen molar-refractivity contribution < 1.29 is 4.79 Å². The first-order valence-corrected chi connectivity index (χ1v) is 7.37. The van der Waals surface area contributed by atoms with E-state index in [1.807, 2.05) is 26.1 Å². The number of carbonyl (C=O) groups excluding carboxylic acids is 1. The molecule has 2 aromatic heterocycles. The van der Waals surface area contributed by atoms with Crippen LogP contribution in [0.5, 0.6) is 0 Å². The van der Waals surface area contributed by atoms with Gasteiger partial charge in [0.15, 0.2) is 5.82 Å². The van der Waals surface area contributed by atoms with E-state index in [4.69, 9.17) is 5.73 Å². The van der Waals surface area contributed by atoms with Crippen LogP contribution in [-0.2, 0) is 17.6 Å². The van der Waals surface area contributed by atoms with Crippen LogP contribution in [0.4, 0.5) is 5.82 Å². The highest BCUT2D eigenvalue weighted by molar-refractivity contribution is 5.79. The molecule has 0 spiro atoms. The maximum Gasteiger partial charge on any atom is 0.236 e. The molecule has 2 N–H and O–H groups in total. The van der Waals surface area contributed by atoms with Crippen molar-refractivity contribution in [2.75, 3.05) is 18.5 Å². The number of aromatic nitrogens is 3. The summed E-state index contributed by atoms with van der Waals surface area (Å²) in [7, 11) is 1.83. The summed E-state index contributed by atoms with van der Waals surface area (Å²) in [6.07, 6.45) is 4.70. The average Bonchev–Trinajstić information content (AvgIpc) is 2.93. The van der Waals surface area contributed by atoms with Gasteiger partial charge in [0, 0.05) is 24.5 Å². The predicted molar refractivity (Wildman–Crippen MR) is 84.5 cm³/mol. The van der Waals surface area contributed by atoms with Gasteiger partial charge in [-0.15, -0.1) is 0 Å². The fourth-order valence-electron chi connectivity index (χ4n) is 2.81. The van der Waals surface area contributed by atoms with Gasteiger partial charge in [0.25, 0.3) is 0 Å². The van der Waals surface area contributed by atoms with Crippen molar-refractivity contribution in [2.24, 2.45) is 5.73 Å². The number of hydrogen-bond donors (Lipinski definition) is 1. The van der Waals surface area contributed by atoms with Crippen molar-refractivity contribution >= 4 is 11.7 Å². The van der Waals surface area contributed by atoms with Gasteiger partial charge < -0.3 is 10.6 Å². The number of aryl methyl sites for hydroxylation is 2. The minimum absolute atomic E-state index is 0.143. The first-order chi connectivity index (χ1) is 10.5. The van der Waals surface area contributed by atoms with Crippen LogP contribution in [0.15, 0.2) is 18.3 Å². The number of carbonyl (C=O) groups is 1. The second-order valence-electron chi connectivity index (χ2n) is 5.69. The van der Waals surface area contributed by atoms with Crippen molar-refractivity contribution in [2.45, 2.75) is 26.2 Å². The second-order valence-corrected chi connectivity index (χ2v) is 5.69. The third-order valence-electron chi connectivity index (χ3n) is 3.81. The number of amides is 1. The van der Waals surface area contributed by atoms with Gasteiger partial charge in [0.1, 0.15) is 11.5 Å². The summed E-state index contributed by atoms with van der Waals surface area (Å²) in [4.78, 5) is 26.7. The number of fused-ring (bicyclic) bond motifs is 1. The zero-order chi connectivity index (χ0) is 15.7. The quantitative estimate of drug-likeness (QED) is 0.918. The summed E-state index contributed by atoms with van der Waals surface area (Å²) in [6.45, 7) is 2.16. The van der Waals surface area contributed by atoms with Crippen molar-refractivity contribution in [3.8, 4) is 11.5 Å². The Balaban J connectivity index is 2.08. The maximum absolute atomic E-state index is 11.2. The molecule has 6 heteroatoms. The number of rotatable bonds is 4. The number of likely N-dealkylation sites (N-methyl/N-ethyl adjacent to an activating group) is 1. The zero-order valence-corrected chi connectivity index (χ0v) is 12.8. The molecule has 114 valence electrons. The summed E-state index contributed by atoms with van der Waals surface area (Å²) < 4.78 is 0. The van der Waals surface area contributed by atoms with E-state index in [1.54, 1.807) is 11.1 Å². The fraction of sp³-hybridized carbons (Fsp3) is 0.375. The summed E-state index contributed by atoms with van der Waals surface area (Å²) in [5.41, 5.74) is 9.35. The normalized spacial score (nSPS) is 13.0. The van der Waals surface area contributed by atoms with Gasteiger partial charge in [-0.1, -0.05) is 0 Å². The van der Waals surface area contributed by atoms with Crippen molar-refractivity contribution in [1.29, 1.82) is 0 Å². The third-order valence-corrected chi connectivity index (χ3v) is 3.81. The SMILES string of the molecule is Cc1ccnc(-c2nc3c(c(N(C)CC(N)=O)n2)CCC3)c1. The highest BCUT2D eigenvalue weighted by Gasteiger charge is 2.22. The maximum atomic E-state index is 11.2. The number of nitrogens with two attached hydrogens (primary N) is 1. The molecule has 0 unspecified atom stereocenters. The third kappa shape index (κ3) is 2.77. The molecule has 1 aliphatic rings. The molecule has 0 saturated carbocycles. The Labute approximate surface area is 129 Å². The Hall–Kier alpha value is -2.50. The lowest BCUT2D eigenvalue weighted by Crippen LogP contribution is -2.32. The Morgan fingerprint density at radius 1 is 1.36 bits per heavy atom. The minimum atomic E-state index is -0.372. The van der Waals surface area contributed by atoms with E-state index in [0.717, 1.165) is 47.6 Å². The molecule has 3 rings (SSSR count). The van der Waals surface area contributed by atoms with Crippen LogP contribution >= 0.6 is 0 Å². The fourth-order valence-corrected chi connectivity index (χ4v) is 2.81. The standard InChI is InChI=1S/C16H19N5O/c1-10-6-7-18-13(8-10)15-19-12-5-3-4-11(12)16(20-15)21(2)9-14(17)22/h6-8H,3-5,9H2,1-2H3,(H2,17,22). The van der Waals surface area contributed by atoms with Crippen molar-refractivity contribution in [3.63, 3.8) is 0 Å². The Kier molecular flexibility index (Phi) is 3.75. The topological polar surface area (TPSA) is 85.0 Å². The zero-order valence-electron chi connectivity index (χ0n) is 12.8. The Morgan fingerprint density at radius 3 is 2.91 bits per heavy atom. The molecule has 0 fully saturated rings. The van der Waals surface area contributed by atoms with Crippen LogP contribution in [0.1, 0.15) is 23.2 Å². The molecule has 0 aromatic carbocycles. The van der Waals surface area contributed by atoms with Gasteiger partial charge >= 0.3 is 0 Å². The highest BCUT2D eigenvalue weighted by atomic mass is 16.1. The van der Waals surface area contributed by atoms with Gasteiger partial charge in [-0.05, 0) is 43.9 Å². The van der Waals surface area contributed by atoms with Crippen molar-refractivity contribution in [3.05, 3.63) is 35.2 Å². The predicted octanol–water partition coefficient (Wildman–Crippen LogP) is 1.26. The monoisotopic (exact) mass is 297 g/mol. The van der Waals surface area contributed by atoms with Gasteiger partial charge in [0.05, 0.1) is 6.54 Å². The van der Waals surface area contributed by atoms with Gasteiger partial charge in [0.2, 0.25) is 5.91 Å². The lowest BCUT2D eigenvalue weighted by atomic mass is 10.2. The molecule has 1 aliphatic carbocycles. The van der Waals surface area contributed by atoms with Crippen molar-refractivity contribution in [1.82, 2.24) is 15.0 Å².